The molecule has 0 spiro atoms. The summed E-state index contributed by atoms with van der Waals surface area (Å²) >= 11 is 0. The highest BCUT2D eigenvalue weighted by atomic mass is 16.5. The lowest BCUT2D eigenvalue weighted by Gasteiger charge is -2.04. The first-order valence-corrected chi connectivity index (χ1v) is 3.71. The topological polar surface area (TPSA) is 9.23 Å². The highest BCUT2D eigenvalue weighted by Gasteiger charge is 2.17. The van der Waals surface area contributed by atoms with Crippen LogP contribution >= 0.6 is 0 Å². The molecule has 0 bridgehead atoms. The minimum Gasteiger partial charge on any atom is -0.363 e. The molecule has 1 heteroatoms. The molecule has 54 valence electrons. The first kappa shape index (κ1) is 6.53. The van der Waals surface area contributed by atoms with Crippen molar-refractivity contribution in [3.63, 3.8) is 0 Å². The minimum atomic E-state index is 0.171. The molecule has 0 saturated heterocycles. The Labute approximate surface area is 66.4 Å². The van der Waals surface area contributed by atoms with E-state index in [-0.39, 0.29) is 6.10 Å². The summed E-state index contributed by atoms with van der Waals surface area (Å²) in [5, 5.41) is 0. The summed E-state index contributed by atoms with van der Waals surface area (Å²) in [7, 11) is 0. The summed E-state index contributed by atoms with van der Waals surface area (Å²) in [6.45, 7) is 0.739. The van der Waals surface area contributed by atoms with Gasteiger partial charge in [0.05, 0.1) is 24.3 Å². The highest BCUT2D eigenvalue weighted by molar-refractivity contribution is 5.36. The fourth-order valence-corrected chi connectivity index (χ4v) is 1.19. The lowest BCUT2D eigenvalue weighted by atomic mass is 10.1. The molecule has 1 atom stereocenters. The quantitative estimate of drug-likeness (QED) is 0.404. The van der Waals surface area contributed by atoms with Gasteiger partial charge in [0.25, 0.3) is 0 Å². The predicted octanol–water partition coefficient (Wildman–Crippen LogP) is 1.80. The van der Waals surface area contributed by atoms with Crippen LogP contribution in [0.2, 0.25) is 0 Å². The molecule has 1 unspecified atom stereocenters. The van der Waals surface area contributed by atoms with Crippen LogP contribution in [0.15, 0.2) is 42.0 Å². The Morgan fingerprint density at radius 2 is 2.55 bits per heavy atom. The maximum Gasteiger partial charge on any atom is 0.126 e. The van der Waals surface area contributed by atoms with E-state index < -0.39 is 0 Å². The van der Waals surface area contributed by atoms with E-state index in [2.05, 4.69) is 12.2 Å². The van der Waals surface area contributed by atoms with E-state index >= 15 is 0 Å². The van der Waals surface area contributed by atoms with Gasteiger partial charge >= 0.3 is 0 Å². The van der Waals surface area contributed by atoms with E-state index in [1.807, 2.05) is 30.4 Å². The van der Waals surface area contributed by atoms with E-state index in [0.29, 0.717) is 0 Å². The maximum atomic E-state index is 5.41. The monoisotopic (exact) mass is 145 g/mol. The molecule has 1 aliphatic heterocycles. The molecule has 11 heavy (non-hydrogen) atoms. The summed E-state index contributed by atoms with van der Waals surface area (Å²) in [5.41, 5.74) is 1.21. The van der Waals surface area contributed by atoms with Gasteiger partial charge < -0.3 is 4.74 Å². The fourth-order valence-electron chi connectivity index (χ4n) is 1.19. The molecule has 1 aliphatic carbocycles. The van der Waals surface area contributed by atoms with Crippen molar-refractivity contribution in [1.29, 1.82) is 0 Å². The molecule has 0 aromatic rings. The van der Waals surface area contributed by atoms with Gasteiger partial charge in [0.2, 0.25) is 0 Å². The number of hydrogen-bond donors (Lipinski definition) is 0. The number of allylic oxidation sites excluding steroid dienone is 4. The molecule has 0 saturated carbocycles. The zero-order chi connectivity index (χ0) is 7.52. The Morgan fingerprint density at radius 3 is 3.18 bits per heavy atom. The SMILES string of the molecule is [C+]1=CC=C(C2C=CCO2)C=C1. The normalized spacial score (nSPS) is 26.9. The van der Waals surface area contributed by atoms with Crippen LogP contribution in [-0.2, 0) is 4.74 Å². The smallest absolute Gasteiger partial charge is 0.126 e. The van der Waals surface area contributed by atoms with Gasteiger partial charge in [-0.2, -0.15) is 0 Å². The molecule has 0 aromatic carbocycles. The average molecular weight is 145 g/mol. The van der Waals surface area contributed by atoms with Crippen LogP contribution in [-0.4, -0.2) is 12.7 Å². The highest BCUT2D eigenvalue weighted by Crippen LogP contribution is 2.16. The van der Waals surface area contributed by atoms with Crippen LogP contribution < -0.4 is 0 Å². The molecule has 0 fully saturated rings. The van der Waals surface area contributed by atoms with Crippen LogP contribution in [0.3, 0.4) is 0 Å². The van der Waals surface area contributed by atoms with Crippen LogP contribution in [0.25, 0.3) is 0 Å². The van der Waals surface area contributed by atoms with Gasteiger partial charge in [-0.25, -0.2) is 0 Å². The van der Waals surface area contributed by atoms with Crippen molar-refractivity contribution in [3.8, 4) is 0 Å². The zero-order valence-electron chi connectivity index (χ0n) is 6.16. The molecule has 0 radical (unpaired) electrons. The third-order valence-corrected chi connectivity index (χ3v) is 1.76. The largest absolute Gasteiger partial charge is 0.363 e. The van der Waals surface area contributed by atoms with Crippen molar-refractivity contribution in [1.82, 2.24) is 0 Å². The molecule has 0 amide bonds. The summed E-state index contributed by atoms with van der Waals surface area (Å²) < 4.78 is 5.41. The van der Waals surface area contributed by atoms with Gasteiger partial charge in [-0.15, -0.1) is 0 Å². The molecule has 0 N–H and O–H groups in total. The zero-order valence-corrected chi connectivity index (χ0v) is 6.16. The second-order valence-electron chi connectivity index (χ2n) is 2.52. The number of hydrogen-bond acceptors (Lipinski definition) is 1. The standard InChI is InChI=1S/C10H9O/c1-2-5-9(6-3-1)10-7-4-8-11-10/h2-7,10H,8H2/q+1. The molecule has 0 aromatic heterocycles. The molecular weight excluding hydrogens is 136 g/mol. The van der Waals surface area contributed by atoms with Crippen LogP contribution in [0.5, 0.6) is 0 Å². The van der Waals surface area contributed by atoms with Gasteiger partial charge in [-0.05, 0) is 0 Å². The summed E-state index contributed by atoms with van der Waals surface area (Å²) in [5.74, 6) is 0. The Morgan fingerprint density at radius 1 is 1.55 bits per heavy atom. The van der Waals surface area contributed by atoms with E-state index in [0.717, 1.165) is 6.61 Å². The summed E-state index contributed by atoms with van der Waals surface area (Å²) in [6, 6.07) is 0. The maximum absolute atomic E-state index is 5.41. The van der Waals surface area contributed by atoms with Crippen molar-refractivity contribution < 1.29 is 4.74 Å². The Kier molecular flexibility index (Phi) is 1.68. The number of rotatable bonds is 1. The lowest BCUT2D eigenvalue weighted by Crippen LogP contribution is -2.07. The van der Waals surface area contributed by atoms with Gasteiger partial charge in [0.15, 0.2) is 0 Å². The second-order valence-corrected chi connectivity index (χ2v) is 2.52. The van der Waals surface area contributed by atoms with Crippen molar-refractivity contribution in [2.24, 2.45) is 0 Å². The summed E-state index contributed by atoms with van der Waals surface area (Å²) in [4.78, 5) is 0. The van der Waals surface area contributed by atoms with Crippen LogP contribution in [0.4, 0.5) is 0 Å². The number of ether oxygens (including phenoxy) is 1. The van der Waals surface area contributed by atoms with Crippen molar-refractivity contribution in [2.45, 2.75) is 6.10 Å². The molecule has 2 aliphatic rings. The second kappa shape index (κ2) is 2.83. The third kappa shape index (κ3) is 1.30. The Hall–Kier alpha value is -1.17. The van der Waals surface area contributed by atoms with Crippen molar-refractivity contribution in [3.05, 3.63) is 48.1 Å². The van der Waals surface area contributed by atoms with E-state index in [4.69, 9.17) is 4.74 Å². The lowest BCUT2D eigenvalue weighted by molar-refractivity contribution is 0.156. The molecule has 1 nitrogen and oxygen atoms in total. The molecule has 1 heterocycles. The molecular formula is C10H9O+. The fraction of sp³-hybridized carbons (Fsp3) is 0.200. The Bertz CT molecular complexity index is 256. The minimum absolute atomic E-state index is 0.171. The Balaban J connectivity index is 2.16. The first-order valence-electron chi connectivity index (χ1n) is 3.71. The molecule has 2 rings (SSSR count). The van der Waals surface area contributed by atoms with Crippen LogP contribution in [0, 0.1) is 6.08 Å². The first-order chi connectivity index (χ1) is 5.47. The van der Waals surface area contributed by atoms with Gasteiger partial charge in [0, 0.05) is 6.08 Å². The van der Waals surface area contributed by atoms with Crippen LogP contribution in [0.1, 0.15) is 0 Å². The van der Waals surface area contributed by atoms with Crippen molar-refractivity contribution in [2.75, 3.05) is 6.61 Å². The van der Waals surface area contributed by atoms with E-state index in [1.54, 1.807) is 0 Å². The van der Waals surface area contributed by atoms with Gasteiger partial charge in [-0.1, -0.05) is 12.2 Å². The predicted molar refractivity (Wildman–Crippen MR) is 43.9 cm³/mol. The van der Waals surface area contributed by atoms with E-state index in [1.165, 1.54) is 5.57 Å². The van der Waals surface area contributed by atoms with Gasteiger partial charge in [0.1, 0.15) is 18.3 Å². The van der Waals surface area contributed by atoms with Gasteiger partial charge in [-0.3, -0.25) is 0 Å². The summed E-state index contributed by atoms with van der Waals surface area (Å²) in [6.07, 6.45) is 15.1. The van der Waals surface area contributed by atoms with E-state index in [9.17, 15) is 0 Å². The average Bonchev–Trinajstić information content (AvgIpc) is 2.58. The third-order valence-electron chi connectivity index (χ3n) is 1.76. The van der Waals surface area contributed by atoms with Crippen molar-refractivity contribution >= 4 is 0 Å².